The second kappa shape index (κ2) is 6.22. The van der Waals surface area contributed by atoms with Crippen molar-refractivity contribution >= 4 is 11.9 Å². The monoisotopic (exact) mass is 296 g/mol. The Morgan fingerprint density at radius 3 is 2.81 bits per heavy atom. The lowest BCUT2D eigenvalue weighted by Crippen LogP contribution is -2.43. The van der Waals surface area contributed by atoms with E-state index in [9.17, 15) is 4.79 Å². The maximum atomic E-state index is 11.4. The molecule has 2 rings (SSSR count). The molecule has 0 bridgehead atoms. The van der Waals surface area contributed by atoms with Crippen LogP contribution in [0.3, 0.4) is 0 Å². The van der Waals surface area contributed by atoms with E-state index in [1.165, 1.54) is 0 Å². The molecular weight excluding hydrogens is 268 g/mol. The first-order chi connectivity index (χ1) is 9.88. The summed E-state index contributed by atoms with van der Waals surface area (Å²) in [5.41, 5.74) is 5.10. The van der Waals surface area contributed by atoms with Crippen molar-refractivity contribution in [2.45, 2.75) is 33.6 Å². The van der Waals surface area contributed by atoms with Gasteiger partial charge in [0.25, 0.3) is 0 Å². The maximum absolute atomic E-state index is 11.4. The van der Waals surface area contributed by atoms with E-state index >= 15 is 0 Å². The van der Waals surface area contributed by atoms with E-state index < -0.39 is 5.41 Å². The first-order valence-electron chi connectivity index (χ1n) is 7.79. The molecule has 120 valence electrons. The fourth-order valence-corrected chi connectivity index (χ4v) is 2.86. The van der Waals surface area contributed by atoms with Crippen LogP contribution in [-0.4, -0.2) is 56.2 Å². The minimum absolute atomic E-state index is 0.301. The van der Waals surface area contributed by atoms with Crippen LogP contribution < -0.4 is 11.1 Å². The van der Waals surface area contributed by atoms with E-state index in [-0.39, 0.29) is 5.91 Å². The molecule has 3 N–H and O–H groups in total. The Morgan fingerprint density at radius 2 is 2.24 bits per heavy atom. The van der Waals surface area contributed by atoms with Crippen LogP contribution in [-0.2, 0) is 9.53 Å². The first kappa shape index (κ1) is 16.1. The SMILES string of the molecule is CCNC(=NCC(C)(C)C(N)=O)N1CCC2(CCOC2)C1. The molecule has 2 aliphatic rings. The standard InChI is InChI=1S/C15H28N4O2/c1-4-17-13(18-9-14(2,3)12(16)20)19-7-5-15(10-19)6-8-21-11-15/h4-11H2,1-3H3,(H2,16,20)(H,17,18). The predicted molar refractivity (Wildman–Crippen MR) is 83.0 cm³/mol. The largest absolute Gasteiger partial charge is 0.381 e. The zero-order valence-corrected chi connectivity index (χ0v) is 13.4. The second-order valence-electron chi connectivity index (χ2n) is 6.89. The van der Waals surface area contributed by atoms with Crippen molar-refractivity contribution in [2.75, 3.05) is 39.4 Å². The molecular formula is C15H28N4O2. The lowest BCUT2D eigenvalue weighted by Gasteiger charge is -2.26. The maximum Gasteiger partial charge on any atom is 0.224 e. The van der Waals surface area contributed by atoms with Gasteiger partial charge in [0, 0.05) is 31.7 Å². The Balaban J connectivity index is 2.03. The first-order valence-corrected chi connectivity index (χ1v) is 7.79. The van der Waals surface area contributed by atoms with Crippen molar-refractivity contribution in [3.05, 3.63) is 0 Å². The summed E-state index contributed by atoms with van der Waals surface area (Å²) in [6.45, 7) is 10.6. The molecule has 2 heterocycles. The second-order valence-corrected chi connectivity index (χ2v) is 6.89. The summed E-state index contributed by atoms with van der Waals surface area (Å²) in [4.78, 5) is 18.3. The van der Waals surface area contributed by atoms with Crippen LogP contribution >= 0.6 is 0 Å². The summed E-state index contributed by atoms with van der Waals surface area (Å²) in [5.74, 6) is 0.569. The summed E-state index contributed by atoms with van der Waals surface area (Å²) >= 11 is 0. The number of likely N-dealkylation sites (tertiary alicyclic amines) is 1. The molecule has 21 heavy (non-hydrogen) atoms. The van der Waals surface area contributed by atoms with Gasteiger partial charge in [-0.1, -0.05) is 0 Å². The highest BCUT2D eigenvalue weighted by Crippen LogP contribution is 2.38. The molecule has 6 nitrogen and oxygen atoms in total. The Bertz CT molecular complexity index is 414. The highest BCUT2D eigenvalue weighted by molar-refractivity contribution is 5.83. The van der Waals surface area contributed by atoms with Crippen LogP contribution in [0, 0.1) is 10.8 Å². The molecule has 1 unspecified atom stereocenters. The number of nitrogens with zero attached hydrogens (tertiary/aromatic N) is 2. The number of aliphatic imine (C=N–C) groups is 1. The van der Waals surface area contributed by atoms with Crippen LogP contribution in [0.25, 0.3) is 0 Å². The van der Waals surface area contributed by atoms with Crippen LogP contribution in [0.2, 0.25) is 0 Å². The number of amides is 1. The highest BCUT2D eigenvalue weighted by Gasteiger charge is 2.42. The van der Waals surface area contributed by atoms with Gasteiger partial charge in [0.05, 0.1) is 18.6 Å². The van der Waals surface area contributed by atoms with Gasteiger partial charge in [-0.3, -0.25) is 9.79 Å². The number of ether oxygens (including phenoxy) is 1. The van der Waals surface area contributed by atoms with E-state index in [1.807, 2.05) is 13.8 Å². The molecule has 6 heteroatoms. The third-order valence-corrected chi connectivity index (χ3v) is 4.55. The molecule has 0 saturated carbocycles. The number of nitrogens with two attached hydrogens (primary N) is 1. The zero-order chi connectivity index (χ0) is 15.5. The van der Waals surface area contributed by atoms with E-state index in [1.54, 1.807) is 0 Å². The number of hydrogen-bond donors (Lipinski definition) is 2. The van der Waals surface area contributed by atoms with E-state index in [0.29, 0.717) is 12.0 Å². The molecule has 2 saturated heterocycles. The average molecular weight is 296 g/mol. The normalized spacial score (nSPS) is 26.6. The Hall–Kier alpha value is -1.30. The molecule has 0 aromatic heterocycles. The van der Waals surface area contributed by atoms with Gasteiger partial charge >= 0.3 is 0 Å². The van der Waals surface area contributed by atoms with E-state index in [4.69, 9.17) is 10.5 Å². The molecule has 2 fully saturated rings. The molecule has 0 aromatic rings. The molecule has 2 aliphatic heterocycles. The Morgan fingerprint density at radius 1 is 1.48 bits per heavy atom. The molecule has 1 amide bonds. The summed E-state index contributed by atoms with van der Waals surface area (Å²) < 4.78 is 5.57. The number of nitrogens with one attached hydrogen (secondary N) is 1. The van der Waals surface area contributed by atoms with Gasteiger partial charge < -0.3 is 20.7 Å². The van der Waals surface area contributed by atoms with Crippen LogP contribution in [0.15, 0.2) is 4.99 Å². The van der Waals surface area contributed by atoms with Crippen LogP contribution in [0.1, 0.15) is 33.6 Å². The van der Waals surface area contributed by atoms with Crippen molar-refractivity contribution < 1.29 is 9.53 Å². The average Bonchev–Trinajstić information content (AvgIpc) is 3.05. The Kier molecular flexibility index (Phi) is 4.76. The lowest BCUT2D eigenvalue weighted by molar-refractivity contribution is -0.125. The lowest BCUT2D eigenvalue weighted by atomic mass is 9.87. The van der Waals surface area contributed by atoms with Gasteiger partial charge in [-0.2, -0.15) is 0 Å². The summed E-state index contributed by atoms with van der Waals surface area (Å²) in [7, 11) is 0. The molecule has 1 spiro atoms. The number of guanidine groups is 1. The zero-order valence-electron chi connectivity index (χ0n) is 13.4. The number of carbonyl (C=O) groups excluding carboxylic acids is 1. The quantitative estimate of drug-likeness (QED) is 0.587. The topological polar surface area (TPSA) is 79.9 Å². The smallest absolute Gasteiger partial charge is 0.224 e. The Labute approximate surface area is 127 Å². The van der Waals surface area contributed by atoms with E-state index in [2.05, 4.69) is 22.1 Å². The number of hydrogen-bond acceptors (Lipinski definition) is 3. The highest BCUT2D eigenvalue weighted by atomic mass is 16.5. The van der Waals surface area contributed by atoms with Gasteiger partial charge in [-0.25, -0.2) is 0 Å². The van der Waals surface area contributed by atoms with Crippen molar-refractivity contribution in [3.63, 3.8) is 0 Å². The summed E-state index contributed by atoms with van der Waals surface area (Å²) in [6.07, 6.45) is 2.28. The van der Waals surface area contributed by atoms with Gasteiger partial charge in [0.1, 0.15) is 0 Å². The third-order valence-electron chi connectivity index (χ3n) is 4.55. The predicted octanol–water partition coefficient (Wildman–Crippen LogP) is 0.576. The molecule has 1 atom stereocenters. The van der Waals surface area contributed by atoms with Gasteiger partial charge in [-0.15, -0.1) is 0 Å². The van der Waals surface area contributed by atoms with Gasteiger partial charge in [-0.05, 0) is 33.6 Å². The minimum atomic E-state index is -0.617. The van der Waals surface area contributed by atoms with Crippen molar-refractivity contribution in [1.29, 1.82) is 0 Å². The molecule has 0 aliphatic carbocycles. The van der Waals surface area contributed by atoms with E-state index in [0.717, 1.165) is 51.6 Å². The fraction of sp³-hybridized carbons (Fsp3) is 0.867. The minimum Gasteiger partial charge on any atom is -0.381 e. The van der Waals surface area contributed by atoms with Crippen molar-refractivity contribution in [1.82, 2.24) is 10.2 Å². The van der Waals surface area contributed by atoms with Crippen molar-refractivity contribution in [3.8, 4) is 0 Å². The summed E-state index contributed by atoms with van der Waals surface area (Å²) in [5, 5.41) is 3.33. The van der Waals surface area contributed by atoms with Gasteiger partial charge in [0.15, 0.2) is 5.96 Å². The fourth-order valence-electron chi connectivity index (χ4n) is 2.86. The van der Waals surface area contributed by atoms with Gasteiger partial charge in [0.2, 0.25) is 5.91 Å². The number of carbonyl (C=O) groups is 1. The number of primary amides is 1. The summed E-state index contributed by atoms with van der Waals surface area (Å²) in [6, 6.07) is 0. The number of rotatable bonds is 4. The molecule has 0 aromatic carbocycles. The molecule has 0 radical (unpaired) electrons. The van der Waals surface area contributed by atoms with Crippen LogP contribution in [0.4, 0.5) is 0 Å². The third kappa shape index (κ3) is 3.67. The van der Waals surface area contributed by atoms with Crippen molar-refractivity contribution in [2.24, 2.45) is 21.6 Å². The van der Waals surface area contributed by atoms with Crippen LogP contribution in [0.5, 0.6) is 0 Å².